The Bertz CT molecular complexity index is 1150. The van der Waals surface area contributed by atoms with Gasteiger partial charge >= 0.3 is 0 Å². The Morgan fingerprint density at radius 1 is 0.972 bits per heavy atom. The maximum Gasteiger partial charge on any atom is 0.247 e. The number of ether oxygens (including phenoxy) is 1. The van der Waals surface area contributed by atoms with Crippen molar-refractivity contribution >= 4 is 11.8 Å². The van der Waals surface area contributed by atoms with Gasteiger partial charge in [0.05, 0.1) is 7.11 Å². The molecule has 6 nitrogen and oxygen atoms in total. The van der Waals surface area contributed by atoms with Crippen molar-refractivity contribution in [3.8, 4) is 11.5 Å². The second kappa shape index (κ2) is 11.8. The molecule has 2 N–H and O–H groups in total. The minimum atomic E-state index is -0.697. The number of methoxy groups -OCH3 is 1. The number of hydrogen-bond donors (Lipinski definition) is 2. The van der Waals surface area contributed by atoms with Crippen molar-refractivity contribution in [2.24, 2.45) is 5.92 Å². The average Bonchev–Trinajstić information content (AvgIpc) is 3.72. The monoisotopic (exact) mass is 486 g/mol. The molecular weight excluding hydrogens is 452 g/mol. The number of nitrogens with one attached hydrogen (secondary N) is 1. The number of aromatic hydroxyl groups is 1. The van der Waals surface area contributed by atoms with Crippen LogP contribution in [0.15, 0.2) is 72.8 Å². The summed E-state index contributed by atoms with van der Waals surface area (Å²) >= 11 is 0. The van der Waals surface area contributed by atoms with E-state index in [1.54, 1.807) is 24.1 Å². The van der Waals surface area contributed by atoms with E-state index >= 15 is 0 Å². The largest absolute Gasteiger partial charge is 0.508 e. The molecule has 0 spiro atoms. The van der Waals surface area contributed by atoms with E-state index < -0.39 is 6.04 Å². The zero-order valence-electron chi connectivity index (χ0n) is 20.9. The van der Waals surface area contributed by atoms with Crippen LogP contribution in [0.4, 0.5) is 0 Å². The molecule has 6 heteroatoms. The Hall–Kier alpha value is -3.80. The quantitative estimate of drug-likeness (QED) is 0.403. The van der Waals surface area contributed by atoms with Crippen molar-refractivity contribution in [1.82, 2.24) is 10.2 Å². The van der Waals surface area contributed by atoms with E-state index in [2.05, 4.69) is 5.32 Å². The van der Waals surface area contributed by atoms with Gasteiger partial charge in [0.1, 0.15) is 17.5 Å². The first kappa shape index (κ1) is 25.3. The zero-order chi connectivity index (χ0) is 25.5. The lowest BCUT2D eigenvalue weighted by atomic mass is 10.0. The summed E-state index contributed by atoms with van der Waals surface area (Å²) in [6.45, 7) is 2.94. The van der Waals surface area contributed by atoms with Crippen LogP contribution in [0.5, 0.6) is 11.5 Å². The van der Waals surface area contributed by atoms with Gasteiger partial charge in [0.2, 0.25) is 11.8 Å². The highest BCUT2D eigenvalue weighted by Crippen LogP contribution is 2.34. The summed E-state index contributed by atoms with van der Waals surface area (Å²) in [5.41, 5.74) is 3.84. The van der Waals surface area contributed by atoms with Gasteiger partial charge in [-0.1, -0.05) is 54.1 Å². The molecule has 36 heavy (non-hydrogen) atoms. The third kappa shape index (κ3) is 6.87. The predicted octanol–water partition coefficient (Wildman–Crippen LogP) is 4.94. The van der Waals surface area contributed by atoms with Gasteiger partial charge in [-0.05, 0) is 73.1 Å². The van der Waals surface area contributed by atoms with Gasteiger partial charge < -0.3 is 20.1 Å². The molecule has 0 aromatic heterocycles. The van der Waals surface area contributed by atoms with Gasteiger partial charge in [0.15, 0.2) is 0 Å². The van der Waals surface area contributed by atoms with Crippen LogP contribution in [0.3, 0.4) is 0 Å². The molecule has 0 heterocycles. The number of benzene rings is 3. The SMILES string of the molecule is COc1ccc(CNC(=O)C(c2ccc(C)cc2)N(CC2CC2)C(=O)CCc2ccc(O)cc2)cc1. The Morgan fingerprint density at radius 2 is 1.61 bits per heavy atom. The third-order valence-corrected chi connectivity index (χ3v) is 6.61. The van der Waals surface area contributed by atoms with Crippen LogP contribution < -0.4 is 10.1 Å². The van der Waals surface area contributed by atoms with Crippen LogP contribution in [0, 0.1) is 12.8 Å². The van der Waals surface area contributed by atoms with Crippen LogP contribution in [0.25, 0.3) is 0 Å². The summed E-state index contributed by atoms with van der Waals surface area (Å²) in [6.07, 6.45) is 3.01. The molecule has 1 atom stereocenters. The minimum Gasteiger partial charge on any atom is -0.508 e. The summed E-state index contributed by atoms with van der Waals surface area (Å²) < 4.78 is 5.22. The second-order valence-electron chi connectivity index (χ2n) is 9.54. The highest BCUT2D eigenvalue weighted by molar-refractivity contribution is 5.89. The second-order valence-corrected chi connectivity index (χ2v) is 9.54. The van der Waals surface area contributed by atoms with Crippen LogP contribution in [0.1, 0.15) is 47.6 Å². The third-order valence-electron chi connectivity index (χ3n) is 6.61. The molecular formula is C30H34N2O4. The van der Waals surface area contributed by atoms with E-state index in [-0.39, 0.29) is 17.6 Å². The first-order valence-corrected chi connectivity index (χ1v) is 12.5. The first-order valence-electron chi connectivity index (χ1n) is 12.5. The minimum absolute atomic E-state index is 0.0415. The van der Waals surface area contributed by atoms with E-state index in [9.17, 15) is 14.7 Å². The molecule has 0 bridgehead atoms. The van der Waals surface area contributed by atoms with Gasteiger partial charge in [-0.15, -0.1) is 0 Å². The normalized spacial score (nSPS) is 13.6. The number of aryl methyl sites for hydroxylation is 2. The standard InChI is InChI=1S/C30H34N2O4/c1-21-3-12-25(13-4-21)29(30(35)31-19-23-9-16-27(36-2)17-10-23)32(20-24-5-6-24)28(34)18-11-22-7-14-26(33)15-8-22/h3-4,7-10,12-17,24,29,33H,5-6,11,18-20H2,1-2H3,(H,31,35). The van der Waals surface area contributed by atoms with Crippen LogP contribution >= 0.6 is 0 Å². The molecule has 1 aliphatic carbocycles. The Kier molecular flexibility index (Phi) is 8.26. The van der Waals surface area contributed by atoms with E-state index in [4.69, 9.17) is 4.74 Å². The fourth-order valence-corrected chi connectivity index (χ4v) is 4.24. The van der Waals surface area contributed by atoms with Gasteiger partial charge in [-0.3, -0.25) is 9.59 Å². The van der Waals surface area contributed by atoms with Crippen LogP contribution in [0.2, 0.25) is 0 Å². The number of phenolic OH excluding ortho intramolecular Hbond substituents is 1. The molecule has 1 saturated carbocycles. The fourth-order valence-electron chi connectivity index (χ4n) is 4.24. The van der Waals surface area contributed by atoms with E-state index in [1.807, 2.05) is 67.6 Å². The van der Waals surface area contributed by atoms with Gasteiger partial charge in [0, 0.05) is 19.5 Å². The van der Waals surface area contributed by atoms with Crippen molar-refractivity contribution in [2.45, 2.75) is 45.2 Å². The van der Waals surface area contributed by atoms with Gasteiger partial charge in [-0.2, -0.15) is 0 Å². The van der Waals surface area contributed by atoms with E-state index in [0.717, 1.165) is 40.8 Å². The van der Waals surface area contributed by atoms with Crippen molar-refractivity contribution in [1.29, 1.82) is 0 Å². The van der Waals surface area contributed by atoms with Crippen molar-refractivity contribution in [3.05, 3.63) is 95.1 Å². The molecule has 3 aromatic rings. The fraction of sp³-hybridized carbons (Fsp3) is 0.333. The lowest BCUT2D eigenvalue weighted by molar-refractivity contribution is -0.141. The van der Waals surface area contributed by atoms with E-state index in [1.165, 1.54) is 0 Å². The molecule has 188 valence electrons. The molecule has 1 aliphatic rings. The summed E-state index contributed by atoms with van der Waals surface area (Å²) in [7, 11) is 1.62. The van der Waals surface area contributed by atoms with Gasteiger partial charge in [-0.25, -0.2) is 0 Å². The number of hydrogen-bond acceptors (Lipinski definition) is 4. The number of amides is 2. The Morgan fingerprint density at radius 3 is 2.22 bits per heavy atom. The number of phenols is 1. The molecule has 0 radical (unpaired) electrons. The first-order chi connectivity index (χ1) is 17.4. The van der Waals surface area contributed by atoms with Crippen LogP contribution in [-0.2, 0) is 22.6 Å². The van der Waals surface area contributed by atoms with Crippen molar-refractivity contribution < 1.29 is 19.4 Å². The molecule has 1 fully saturated rings. The highest BCUT2D eigenvalue weighted by Gasteiger charge is 2.35. The summed E-state index contributed by atoms with van der Waals surface area (Å²) in [5.74, 6) is 1.17. The van der Waals surface area contributed by atoms with Crippen molar-refractivity contribution in [3.63, 3.8) is 0 Å². The molecule has 0 aliphatic heterocycles. The smallest absolute Gasteiger partial charge is 0.247 e. The Labute approximate surface area is 212 Å². The summed E-state index contributed by atoms with van der Waals surface area (Å²) in [6, 6.07) is 21.6. The molecule has 4 rings (SSSR count). The molecule has 0 saturated heterocycles. The maximum absolute atomic E-state index is 13.6. The molecule has 3 aromatic carbocycles. The maximum atomic E-state index is 13.6. The molecule has 2 amide bonds. The van der Waals surface area contributed by atoms with Crippen LogP contribution in [-0.4, -0.2) is 35.5 Å². The number of carbonyl (C=O) groups is 2. The predicted molar refractivity (Wildman–Crippen MR) is 140 cm³/mol. The average molecular weight is 487 g/mol. The summed E-state index contributed by atoms with van der Waals surface area (Å²) in [5, 5.41) is 12.6. The number of nitrogens with zero attached hydrogens (tertiary/aromatic N) is 1. The van der Waals surface area contributed by atoms with Crippen molar-refractivity contribution in [2.75, 3.05) is 13.7 Å². The number of carbonyl (C=O) groups excluding carboxylic acids is 2. The van der Waals surface area contributed by atoms with Gasteiger partial charge in [0.25, 0.3) is 0 Å². The number of rotatable bonds is 11. The topological polar surface area (TPSA) is 78.9 Å². The Balaban J connectivity index is 1.54. The van der Waals surface area contributed by atoms with E-state index in [0.29, 0.717) is 31.8 Å². The lowest BCUT2D eigenvalue weighted by Crippen LogP contribution is -2.44. The summed E-state index contributed by atoms with van der Waals surface area (Å²) in [4.78, 5) is 29.0. The lowest BCUT2D eigenvalue weighted by Gasteiger charge is -2.32. The zero-order valence-corrected chi connectivity index (χ0v) is 20.9. The highest BCUT2D eigenvalue weighted by atomic mass is 16.5. The molecule has 1 unspecified atom stereocenters.